The maximum atomic E-state index is 14.3. The van der Waals surface area contributed by atoms with Gasteiger partial charge in [0, 0.05) is 29.2 Å². The largest absolute Gasteiger partial charge is 0.490 e. The van der Waals surface area contributed by atoms with Crippen LogP contribution in [0.25, 0.3) is 0 Å². The van der Waals surface area contributed by atoms with Gasteiger partial charge in [-0.2, -0.15) is 0 Å². The first-order valence-electron chi connectivity index (χ1n) is 9.51. The van der Waals surface area contributed by atoms with Crippen LogP contribution in [0.3, 0.4) is 0 Å². The van der Waals surface area contributed by atoms with Crippen molar-refractivity contribution in [2.75, 3.05) is 29.9 Å². The van der Waals surface area contributed by atoms with E-state index >= 15 is 0 Å². The van der Waals surface area contributed by atoms with Gasteiger partial charge in [-0.25, -0.2) is 8.78 Å². The molecule has 2 aromatic rings. The quantitative estimate of drug-likeness (QED) is 0.784. The van der Waals surface area contributed by atoms with Gasteiger partial charge in [0.15, 0.2) is 11.6 Å². The predicted octanol–water partition coefficient (Wildman–Crippen LogP) is 3.91. The predicted molar refractivity (Wildman–Crippen MR) is 107 cm³/mol. The lowest BCUT2D eigenvalue weighted by atomic mass is 9.93. The lowest BCUT2D eigenvalue weighted by molar-refractivity contribution is -0.116. The van der Waals surface area contributed by atoms with Crippen LogP contribution < -0.4 is 15.0 Å². The summed E-state index contributed by atoms with van der Waals surface area (Å²) in [5.41, 5.74) is 0.143. The molecule has 2 N–H and O–H groups in total. The van der Waals surface area contributed by atoms with Gasteiger partial charge in [-0.1, -0.05) is 17.7 Å². The molecule has 8 heteroatoms. The highest BCUT2D eigenvalue weighted by Crippen LogP contribution is 2.34. The lowest BCUT2D eigenvalue weighted by Crippen LogP contribution is -2.52. The van der Waals surface area contributed by atoms with Crippen LogP contribution in [0.1, 0.15) is 24.8 Å². The van der Waals surface area contributed by atoms with Crippen molar-refractivity contribution in [2.24, 2.45) is 0 Å². The van der Waals surface area contributed by atoms with E-state index < -0.39 is 17.2 Å². The van der Waals surface area contributed by atoms with Gasteiger partial charge in [-0.05, 0) is 43.5 Å². The standard InChI is InChI=1S/C21H21ClF2N2O3/c22-13-9-15(23)20(16(24)10-13)26-8-2-7-21(28,11-26)12-29-18-4-1-3-17-14(18)5-6-19(27)25-17/h1,3-4,9-10,28H,2,5-8,11-12H2,(H,25,27). The van der Waals surface area contributed by atoms with Crippen LogP contribution in [0, 0.1) is 11.6 Å². The molecule has 2 aliphatic rings. The van der Waals surface area contributed by atoms with Gasteiger partial charge in [0.05, 0.1) is 6.54 Å². The van der Waals surface area contributed by atoms with Crippen molar-refractivity contribution in [1.29, 1.82) is 0 Å². The van der Waals surface area contributed by atoms with Crippen molar-refractivity contribution in [1.82, 2.24) is 0 Å². The number of hydrogen-bond acceptors (Lipinski definition) is 4. The van der Waals surface area contributed by atoms with Crippen molar-refractivity contribution in [3.8, 4) is 5.75 Å². The Kier molecular flexibility index (Phi) is 5.36. The number of benzene rings is 2. The summed E-state index contributed by atoms with van der Waals surface area (Å²) in [5.74, 6) is -0.957. The SMILES string of the molecule is O=C1CCc2c(cccc2OCC2(O)CCCN(c3c(F)cc(Cl)cc3F)C2)N1. The minimum Gasteiger partial charge on any atom is -0.490 e. The summed E-state index contributed by atoms with van der Waals surface area (Å²) in [7, 11) is 0. The van der Waals surface area contributed by atoms with Crippen LogP contribution >= 0.6 is 11.6 Å². The monoisotopic (exact) mass is 422 g/mol. The van der Waals surface area contributed by atoms with Gasteiger partial charge in [0.25, 0.3) is 0 Å². The molecule has 2 aromatic carbocycles. The molecule has 0 aliphatic carbocycles. The number of nitrogens with one attached hydrogen (secondary N) is 1. The number of rotatable bonds is 4. The van der Waals surface area contributed by atoms with E-state index in [9.17, 15) is 18.7 Å². The van der Waals surface area contributed by atoms with Crippen LogP contribution in [-0.2, 0) is 11.2 Å². The van der Waals surface area contributed by atoms with Crippen molar-refractivity contribution in [3.63, 3.8) is 0 Å². The Morgan fingerprint density at radius 2 is 2.00 bits per heavy atom. The van der Waals surface area contributed by atoms with E-state index in [1.807, 2.05) is 6.07 Å². The Balaban J connectivity index is 1.50. The molecule has 0 radical (unpaired) electrons. The molecular weight excluding hydrogens is 402 g/mol. The van der Waals surface area contributed by atoms with E-state index in [1.165, 1.54) is 4.90 Å². The maximum Gasteiger partial charge on any atom is 0.224 e. The number of carbonyl (C=O) groups excluding carboxylic acids is 1. The Bertz CT molecular complexity index is 933. The second kappa shape index (κ2) is 7.80. The molecule has 4 rings (SSSR count). The fourth-order valence-corrected chi connectivity index (χ4v) is 4.19. The number of piperidine rings is 1. The van der Waals surface area contributed by atoms with Gasteiger partial charge < -0.3 is 20.1 Å². The zero-order valence-electron chi connectivity index (χ0n) is 15.7. The number of ether oxygens (including phenoxy) is 1. The summed E-state index contributed by atoms with van der Waals surface area (Å²) in [6, 6.07) is 7.50. The summed E-state index contributed by atoms with van der Waals surface area (Å²) in [6.07, 6.45) is 1.94. The highest BCUT2D eigenvalue weighted by atomic mass is 35.5. The van der Waals surface area contributed by atoms with Gasteiger partial charge >= 0.3 is 0 Å². The number of halogens is 3. The maximum absolute atomic E-state index is 14.3. The molecule has 1 atom stereocenters. The number of β-amino-alcohol motifs (C(OH)–C–C–N with tert-alkyl or cyclic N) is 1. The van der Waals surface area contributed by atoms with Gasteiger partial charge in [-0.15, -0.1) is 0 Å². The Morgan fingerprint density at radius 3 is 2.76 bits per heavy atom. The molecule has 2 heterocycles. The summed E-state index contributed by atoms with van der Waals surface area (Å²) in [4.78, 5) is 13.1. The first-order chi connectivity index (χ1) is 13.8. The summed E-state index contributed by atoms with van der Waals surface area (Å²) in [6.45, 7) is 0.434. The number of hydrogen-bond donors (Lipinski definition) is 2. The first kappa shape index (κ1) is 19.9. The van der Waals surface area contributed by atoms with Crippen molar-refractivity contribution >= 4 is 28.9 Å². The molecule has 0 saturated carbocycles. The Morgan fingerprint density at radius 1 is 1.24 bits per heavy atom. The minimum atomic E-state index is -1.27. The molecule has 0 spiro atoms. The fourth-order valence-electron chi connectivity index (χ4n) is 4.00. The molecule has 29 heavy (non-hydrogen) atoms. The minimum absolute atomic E-state index is 0.0136. The van der Waals surface area contributed by atoms with Crippen LogP contribution in [0.2, 0.25) is 5.02 Å². The molecular formula is C21H21ClF2N2O3. The molecule has 0 aromatic heterocycles. The topological polar surface area (TPSA) is 61.8 Å². The van der Waals surface area contributed by atoms with E-state index in [2.05, 4.69) is 5.32 Å². The van der Waals surface area contributed by atoms with Crippen molar-refractivity contribution < 1.29 is 23.4 Å². The number of fused-ring (bicyclic) bond motifs is 1. The van der Waals surface area contributed by atoms with Crippen LogP contribution in [0.5, 0.6) is 5.75 Å². The van der Waals surface area contributed by atoms with Gasteiger partial charge in [-0.3, -0.25) is 4.79 Å². The van der Waals surface area contributed by atoms with E-state index in [4.69, 9.17) is 16.3 Å². The number of amides is 1. The molecule has 5 nitrogen and oxygen atoms in total. The normalized spacial score (nSPS) is 21.5. The molecule has 1 fully saturated rings. The first-order valence-corrected chi connectivity index (χ1v) is 9.89. The highest BCUT2D eigenvalue weighted by molar-refractivity contribution is 6.30. The Hall–Kier alpha value is -2.38. The fraction of sp³-hybridized carbons (Fsp3) is 0.381. The molecule has 0 bridgehead atoms. The second-order valence-electron chi connectivity index (χ2n) is 7.59. The van der Waals surface area contributed by atoms with E-state index in [0.717, 1.165) is 17.7 Å². The molecule has 1 amide bonds. The van der Waals surface area contributed by atoms with Crippen molar-refractivity contribution in [2.45, 2.75) is 31.3 Å². The zero-order valence-corrected chi connectivity index (χ0v) is 16.4. The lowest BCUT2D eigenvalue weighted by Gasteiger charge is -2.40. The Labute approximate surface area is 172 Å². The number of aliphatic hydroxyl groups is 1. The number of carbonyl (C=O) groups is 1. The molecule has 1 unspecified atom stereocenters. The van der Waals surface area contributed by atoms with E-state index in [0.29, 0.717) is 43.7 Å². The summed E-state index contributed by atoms with van der Waals surface area (Å²) < 4.78 is 34.5. The zero-order chi connectivity index (χ0) is 20.6. The van der Waals surface area contributed by atoms with E-state index in [-0.39, 0.29) is 29.8 Å². The van der Waals surface area contributed by atoms with Gasteiger partial charge in [0.1, 0.15) is 23.6 Å². The average Bonchev–Trinajstić information content (AvgIpc) is 2.65. The van der Waals surface area contributed by atoms with E-state index in [1.54, 1.807) is 12.1 Å². The van der Waals surface area contributed by atoms with Crippen molar-refractivity contribution in [3.05, 3.63) is 52.6 Å². The van der Waals surface area contributed by atoms with Crippen LogP contribution in [0.15, 0.2) is 30.3 Å². The smallest absolute Gasteiger partial charge is 0.224 e. The average molecular weight is 423 g/mol. The molecule has 1 saturated heterocycles. The van der Waals surface area contributed by atoms with Crippen LogP contribution in [-0.4, -0.2) is 36.3 Å². The summed E-state index contributed by atoms with van der Waals surface area (Å²) in [5, 5.41) is 13.8. The third-order valence-electron chi connectivity index (χ3n) is 5.36. The third-order valence-corrected chi connectivity index (χ3v) is 5.58. The number of anilines is 2. The third kappa shape index (κ3) is 4.16. The second-order valence-corrected chi connectivity index (χ2v) is 8.02. The number of nitrogens with zero attached hydrogens (tertiary/aromatic N) is 1. The molecule has 154 valence electrons. The van der Waals surface area contributed by atoms with Crippen LogP contribution in [0.4, 0.5) is 20.2 Å². The highest BCUT2D eigenvalue weighted by Gasteiger charge is 2.36. The summed E-state index contributed by atoms with van der Waals surface area (Å²) >= 11 is 5.71. The van der Waals surface area contributed by atoms with Gasteiger partial charge in [0.2, 0.25) is 5.91 Å². The molecule has 2 aliphatic heterocycles.